The molecule has 0 aromatic heterocycles. The van der Waals surface area contributed by atoms with Crippen molar-refractivity contribution in [2.75, 3.05) is 0 Å². The maximum atomic E-state index is 2.42. The van der Waals surface area contributed by atoms with Crippen molar-refractivity contribution in [1.82, 2.24) is 0 Å². The van der Waals surface area contributed by atoms with Crippen LogP contribution in [0.25, 0.3) is 0 Å². The Bertz CT molecular complexity index is 433. The van der Waals surface area contributed by atoms with Crippen molar-refractivity contribution in [3.05, 3.63) is 53.6 Å². The Kier molecular flexibility index (Phi) is 3.15. The number of allylic oxidation sites excluding steroid dienone is 4. The van der Waals surface area contributed by atoms with E-state index in [-0.39, 0.29) is 0 Å². The molecule has 0 N–H and O–H groups in total. The SMILES string of the molecule is C[Si](C)(C)c1ccccc1CC1=CC=CC1. The van der Waals surface area contributed by atoms with Gasteiger partial charge in [0.1, 0.15) is 0 Å². The van der Waals surface area contributed by atoms with Crippen LogP contribution >= 0.6 is 0 Å². The third-order valence-corrected chi connectivity index (χ3v) is 5.19. The van der Waals surface area contributed by atoms with E-state index in [0.29, 0.717) is 0 Å². The molecular formula is C15H20Si. The number of rotatable bonds is 3. The van der Waals surface area contributed by atoms with Crippen LogP contribution in [-0.4, -0.2) is 8.07 Å². The minimum atomic E-state index is -1.20. The van der Waals surface area contributed by atoms with Crippen molar-refractivity contribution in [2.24, 2.45) is 0 Å². The highest BCUT2D eigenvalue weighted by molar-refractivity contribution is 6.89. The van der Waals surface area contributed by atoms with E-state index in [9.17, 15) is 0 Å². The zero-order chi connectivity index (χ0) is 11.6. The fourth-order valence-electron chi connectivity index (χ4n) is 2.27. The third kappa shape index (κ3) is 2.53. The molecule has 0 spiro atoms. The molecule has 1 heteroatoms. The molecule has 0 fully saturated rings. The Labute approximate surface area is 99.7 Å². The Morgan fingerprint density at radius 3 is 2.50 bits per heavy atom. The highest BCUT2D eigenvalue weighted by Crippen LogP contribution is 2.17. The molecule has 0 unspecified atom stereocenters. The lowest BCUT2D eigenvalue weighted by atomic mass is 10.0. The Morgan fingerprint density at radius 2 is 1.88 bits per heavy atom. The van der Waals surface area contributed by atoms with Gasteiger partial charge >= 0.3 is 0 Å². The largest absolute Gasteiger partial charge is 0.0804 e. The first-order valence-electron chi connectivity index (χ1n) is 6.00. The van der Waals surface area contributed by atoms with Crippen molar-refractivity contribution >= 4 is 13.3 Å². The van der Waals surface area contributed by atoms with Crippen LogP contribution in [0.1, 0.15) is 12.0 Å². The summed E-state index contributed by atoms with van der Waals surface area (Å²) < 4.78 is 0. The van der Waals surface area contributed by atoms with Crippen molar-refractivity contribution in [3.8, 4) is 0 Å². The van der Waals surface area contributed by atoms with Gasteiger partial charge in [-0.3, -0.25) is 0 Å². The lowest BCUT2D eigenvalue weighted by molar-refractivity contribution is 1.09. The molecule has 84 valence electrons. The summed E-state index contributed by atoms with van der Waals surface area (Å²) in [5.74, 6) is 0. The molecule has 0 nitrogen and oxygen atoms in total. The molecule has 1 aromatic carbocycles. The molecule has 0 saturated carbocycles. The minimum absolute atomic E-state index is 1.13. The van der Waals surface area contributed by atoms with Gasteiger partial charge in [0.2, 0.25) is 0 Å². The lowest BCUT2D eigenvalue weighted by Gasteiger charge is -2.21. The summed E-state index contributed by atoms with van der Waals surface area (Å²) in [7, 11) is -1.20. The molecule has 0 atom stereocenters. The van der Waals surface area contributed by atoms with Gasteiger partial charge in [-0.2, -0.15) is 0 Å². The molecule has 16 heavy (non-hydrogen) atoms. The molecule has 0 amide bonds. The fourth-order valence-corrected chi connectivity index (χ4v) is 4.00. The molecule has 1 aliphatic rings. The van der Waals surface area contributed by atoms with Crippen molar-refractivity contribution < 1.29 is 0 Å². The van der Waals surface area contributed by atoms with Crippen LogP contribution in [0.2, 0.25) is 19.6 Å². The highest BCUT2D eigenvalue weighted by atomic mass is 28.3. The average molecular weight is 228 g/mol. The Morgan fingerprint density at radius 1 is 1.12 bits per heavy atom. The summed E-state index contributed by atoms with van der Waals surface area (Å²) >= 11 is 0. The average Bonchev–Trinajstić information content (AvgIpc) is 2.70. The molecule has 2 rings (SSSR count). The summed E-state index contributed by atoms with van der Waals surface area (Å²) in [6.45, 7) is 7.27. The monoisotopic (exact) mass is 228 g/mol. The second-order valence-electron chi connectivity index (χ2n) is 5.54. The van der Waals surface area contributed by atoms with Gasteiger partial charge in [-0.15, -0.1) is 0 Å². The van der Waals surface area contributed by atoms with E-state index >= 15 is 0 Å². The standard InChI is InChI=1S/C15H20Si/c1-16(2,3)15-11-7-6-10-14(15)12-13-8-4-5-9-13/h4-8,10-11H,9,12H2,1-3H3. The molecular weight excluding hydrogens is 208 g/mol. The maximum absolute atomic E-state index is 2.42. The molecule has 0 bridgehead atoms. The van der Waals surface area contributed by atoms with Crippen LogP contribution in [0, 0.1) is 0 Å². The summed E-state index contributed by atoms with van der Waals surface area (Å²) in [6, 6.07) is 8.97. The number of hydrogen-bond donors (Lipinski definition) is 0. The first kappa shape index (κ1) is 11.4. The quantitative estimate of drug-likeness (QED) is 0.693. The van der Waals surface area contributed by atoms with Crippen LogP contribution in [-0.2, 0) is 6.42 Å². The smallest absolute Gasteiger partial charge is 0.0779 e. The highest BCUT2D eigenvalue weighted by Gasteiger charge is 2.19. The van der Waals surface area contributed by atoms with Gasteiger partial charge in [0.15, 0.2) is 0 Å². The van der Waals surface area contributed by atoms with E-state index in [1.165, 1.54) is 5.56 Å². The lowest BCUT2D eigenvalue weighted by Crippen LogP contribution is -2.40. The van der Waals surface area contributed by atoms with Gasteiger partial charge in [0.05, 0.1) is 8.07 Å². The number of hydrogen-bond acceptors (Lipinski definition) is 0. The minimum Gasteiger partial charge on any atom is -0.0804 e. The first-order valence-corrected chi connectivity index (χ1v) is 9.50. The van der Waals surface area contributed by atoms with Crippen molar-refractivity contribution in [1.29, 1.82) is 0 Å². The maximum Gasteiger partial charge on any atom is 0.0779 e. The summed E-state index contributed by atoms with van der Waals surface area (Å²) in [4.78, 5) is 0. The van der Waals surface area contributed by atoms with Gasteiger partial charge in [0, 0.05) is 0 Å². The van der Waals surface area contributed by atoms with Crippen LogP contribution < -0.4 is 5.19 Å². The summed E-state index contributed by atoms with van der Waals surface area (Å²) in [5, 5.41) is 1.61. The second-order valence-corrected chi connectivity index (χ2v) is 10.6. The topological polar surface area (TPSA) is 0 Å². The predicted octanol–water partition coefficient (Wildman–Crippen LogP) is 3.66. The second kappa shape index (κ2) is 4.42. The third-order valence-electron chi connectivity index (χ3n) is 3.09. The molecule has 0 radical (unpaired) electrons. The van der Waals surface area contributed by atoms with Crippen LogP contribution in [0.3, 0.4) is 0 Å². The van der Waals surface area contributed by atoms with E-state index in [1.54, 1.807) is 10.8 Å². The molecule has 0 heterocycles. The van der Waals surface area contributed by atoms with Gasteiger partial charge in [0.25, 0.3) is 0 Å². The normalized spacial score (nSPS) is 15.3. The zero-order valence-electron chi connectivity index (χ0n) is 10.5. The molecule has 0 aliphatic heterocycles. The summed E-state index contributed by atoms with van der Waals surface area (Å²) in [5.41, 5.74) is 3.09. The van der Waals surface area contributed by atoms with Gasteiger partial charge in [-0.05, 0) is 18.4 Å². The van der Waals surface area contributed by atoms with Gasteiger partial charge < -0.3 is 0 Å². The van der Waals surface area contributed by atoms with Crippen LogP contribution in [0.5, 0.6) is 0 Å². The van der Waals surface area contributed by atoms with E-state index in [4.69, 9.17) is 0 Å². The van der Waals surface area contributed by atoms with E-state index in [0.717, 1.165) is 12.8 Å². The van der Waals surface area contributed by atoms with Crippen molar-refractivity contribution in [3.63, 3.8) is 0 Å². The molecule has 0 saturated heterocycles. The van der Waals surface area contributed by atoms with Gasteiger partial charge in [-0.1, -0.05) is 72.9 Å². The van der Waals surface area contributed by atoms with Gasteiger partial charge in [-0.25, -0.2) is 0 Å². The zero-order valence-corrected chi connectivity index (χ0v) is 11.5. The Hall–Kier alpha value is -1.08. The van der Waals surface area contributed by atoms with E-state index < -0.39 is 8.07 Å². The first-order chi connectivity index (χ1) is 7.57. The molecule has 1 aromatic rings. The van der Waals surface area contributed by atoms with Crippen LogP contribution in [0.4, 0.5) is 0 Å². The molecule has 1 aliphatic carbocycles. The Balaban J connectivity index is 2.27. The fraction of sp³-hybridized carbons (Fsp3) is 0.333. The predicted molar refractivity (Wildman–Crippen MR) is 75.0 cm³/mol. The number of benzene rings is 1. The summed E-state index contributed by atoms with van der Waals surface area (Å²) in [6.07, 6.45) is 8.95. The van der Waals surface area contributed by atoms with Crippen molar-refractivity contribution in [2.45, 2.75) is 32.5 Å². The van der Waals surface area contributed by atoms with E-state index in [1.807, 2.05) is 0 Å². The van der Waals surface area contributed by atoms with E-state index in [2.05, 4.69) is 62.1 Å². The van der Waals surface area contributed by atoms with Crippen LogP contribution in [0.15, 0.2) is 48.1 Å².